The van der Waals surface area contributed by atoms with E-state index in [4.69, 9.17) is 4.74 Å². The molecule has 1 fully saturated rings. The average molecular weight is 415 g/mol. The van der Waals surface area contributed by atoms with E-state index >= 15 is 0 Å². The van der Waals surface area contributed by atoms with Crippen LogP contribution >= 0.6 is 0 Å². The summed E-state index contributed by atoms with van der Waals surface area (Å²) >= 11 is 0. The Morgan fingerprint density at radius 1 is 1.00 bits per heavy atom. The first-order valence-electron chi connectivity index (χ1n) is 10.9. The van der Waals surface area contributed by atoms with E-state index in [9.17, 15) is 9.59 Å². The minimum Gasteiger partial charge on any atom is -0.481 e. The van der Waals surface area contributed by atoms with Gasteiger partial charge in [0.15, 0.2) is 6.10 Å². The van der Waals surface area contributed by atoms with Crippen molar-refractivity contribution in [2.45, 2.75) is 31.8 Å². The number of ether oxygens (including phenoxy) is 1. The van der Waals surface area contributed by atoms with Gasteiger partial charge in [-0.05, 0) is 60.2 Å². The summed E-state index contributed by atoms with van der Waals surface area (Å²) in [4.78, 5) is 27.4. The lowest BCUT2D eigenvalue weighted by Gasteiger charge is -2.35. The van der Waals surface area contributed by atoms with Crippen LogP contribution in [0, 0.1) is 5.92 Å². The van der Waals surface area contributed by atoms with Gasteiger partial charge >= 0.3 is 0 Å². The van der Waals surface area contributed by atoms with E-state index in [1.54, 1.807) is 0 Å². The number of likely N-dealkylation sites (tertiary alicyclic amines) is 1. The molecule has 2 aliphatic heterocycles. The van der Waals surface area contributed by atoms with E-state index in [1.807, 2.05) is 72.5 Å². The first-order chi connectivity index (χ1) is 15.1. The van der Waals surface area contributed by atoms with Gasteiger partial charge in [0.2, 0.25) is 5.91 Å². The van der Waals surface area contributed by atoms with E-state index in [2.05, 4.69) is 11.4 Å². The molecule has 3 aromatic rings. The Morgan fingerprint density at radius 2 is 1.71 bits per heavy atom. The molecule has 5 nitrogen and oxygen atoms in total. The molecule has 2 atom stereocenters. The molecule has 1 unspecified atom stereocenters. The Kier molecular flexibility index (Phi) is 5.10. The van der Waals surface area contributed by atoms with Gasteiger partial charge < -0.3 is 15.0 Å². The van der Waals surface area contributed by atoms with Crippen LogP contribution in [0.3, 0.4) is 0 Å². The van der Waals surface area contributed by atoms with Crippen molar-refractivity contribution in [3.8, 4) is 5.75 Å². The molecular formula is C26H26N2O3. The highest BCUT2D eigenvalue weighted by Crippen LogP contribution is 2.41. The molecule has 2 heterocycles. The number of rotatable bonds is 4. The molecule has 5 heteroatoms. The molecule has 31 heavy (non-hydrogen) atoms. The van der Waals surface area contributed by atoms with Crippen LogP contribution in [0.2, 0.25) is 0 Å². The van der Waals surface area contributed by atoms with Crippen molar-refractivity contribution < 1.29 is 14.3 Å². The quantitative estimate of drug-likeness (QED) is 0.680. The minimum atomic E-state index is -0.548. The summed E-state index contributed by atoms with van der Waals surface area (Å²) in [5, 5.41) is 5.24. The zero-order chi connectivity index (χ0) is 21.4. The monoisotopic (exact) mass is 414 g/mol. The maximum atomic E-state index is 13.0. The standard InChI is InChI=1S/C26H26N2O3/c1-17(31-21-11-10-18-6-2-3-7-20(18)16-21)26(30)28-14-12-19(13-15-28)24-22-8-4-5-9-23(22)27-25(24)29/h2-11,16-17,19,24H,12-15H2,1H3,(H,27,29)/t17-,24?/m0/s1. The first-order valence-corrected chi connectivity index (χ1v) is 10.9. The second kappa shape index (κ2) is 8.06. The van der Waals surface area contributed by atoms with Crippen molar-refractivity contribution in [3.05, 3.63) is 72.3 Å². The number of nitrogens with one attached hydrogen (secondary N) is 1. The van der Waals surface area contributed by atoms with Crippen LogP contribution in [-0.4, -0.2) is 35.9 Å². The highest BCUT2D eigenvalue weighted by Gasteiger charge is 2.39. The zero-order valence-corrected chi connectivity index (χ0v) is 17.6. The van der Waals surface area contributed by atoms with E-state index in [-0.39, 0.29) is 23.7 Å². The van der Waals surface area contributed by atoms with Crippen molar-refractivity contribution in [1.29, 1.82) is 0 Å². The van der Waals surface area contributed by atoms with Gasteiger partial charge in [0.25, 0.3) is 5.91 Å². The Hall–Kier alpha value is -3.34. The number of piperidine rings is 1. The number of benzene rings is 3. The first kappa shape index (κ1) is 19.6. The molecule has 0 radical (unpaired) electrons. The van der Waals surface area contributed by atoms with Gasteiger partial charge in [0.05, 0.1) is 5.92 Å². The molecule has 0 bridgehead atoms. The molecule has 1 saturated heterocycles. The van der Waals surface area contributed by atoms with Crippen molar-refractivity contribution in [3.63, 3.8) is 0 Å². The molecule has 0 aromatic heterocycles. The van der Waals surface area contributed by atoms with E-state index in [0.717, 1.165) is 34.9 Å². The normalized spacial score (nSPS) is 19.7. The van der Waals surface area contributed by atoms with Crippen molar-refractivity contribution in [1.82, 2.24) is 4.90 Å². The number of nitrogens with zero attached hydrogens (tertiary/aromatic N) is 1. The SMILES string of the molecule is C[C@H](Oc1ccc2ccccc2c1)C(=O)N1CCC(C2C(=O)Nc3ccccc32)CC1. The number of carbonyl (C=O) groups is 2. The zero-order valence-electron chi connectivity index (χ0n) is 17.6. The Bertz CT molecular complexity index is 1130. The predicted molar refractivity (Wildman–Crippen MR) is 121 cm³/mol. The second-order valence-electron chi connectivity index (χ2n) is 8.49. The highest BCUT2D eigenvalue weighted by atomic mass is 16.5. The van der Waals surface area contributed by atoms with Gasteiger partial charge in [0, 0.05) is 18.8 Å². The summed E-state index contributed by atoms with van der Waals surface area (Å²) in [6.45, 7) is 3.12. The maximum absolute atomic E-state index is 13.0. The molecule has 3 aromatic carbocycles. The molecule has 0 aliphatic carbocycles. The molecule has 5 rings (SSSR count). The van der Waals surface area contributed by atoms with Crippen LogP contribution in [0.15, 0.2) is 66.7 Å². The van der Waals surface area contributed by atoms with E-state index < -0.39 is 6.10 Å². The van der Waals surface area contributed by atoms with Crippen molar-refractivity contribution in [2.75, 3.05) is 18.4 Å². The lowest BCUT2D eigenvalue weighted by Crippen LogP contribution is -2.45. The minimum absolute atomic E-state index is 0.00267. The number of hydrogen-bond donors (Lipinski definition) is 1. The molecule has 2 aliphatic rings. The fourth-order valence-electron chi connectivity index (χ4n) is 4.91. The number of hydrogen-bond acceptors (Lipinski definition) is 3. The van der Waals surface area contributed by atoms with Gasteiger partial charge in [-0.15, -0.1) is 0 Å². The van der Waals surface area contributed by atoms with E-state index in [1.165, 1.54) is 0 Å². The van der Waals surface area contributed by atoms with Gasteiger partial charge in [0.1, 0.15) is 5.75 Å². The average Bonchev–Trinajstić information content (AvgIpc) is 3.14. The van der Waals surface area contributed by atoms with Crippen molar-refractivity contribution in [2.24, 2.45) is 5.92 Å². The fourth-order valence-corrected chi connectivity index (χ4v) is 4.91. The lowest BCUT2D eigenvalue weighted by molar-refractivity contribution is -0.139. The Morgan fingerprint density at radius 3 is 2.52 bits per heavy atom. The van der Waals surface area contributed by atoms with Crippen molar-refractivity contribution >= 4 is 28.3 Å². The van der Waals surface area contributed by atoms with Crippen LogP contribution in [-0.2, 0) is 9.59 Å². The van der Waals surface area contributed by atoms with Gasteiger partial charge in [-0.1, -0.05) is 48.5 Å². The smallest absolute Gasteiger partial charge is 0.263 e. The summed E-state index contributed by atoms with van der Waals surface area (Å²) in [6, 6.07) is 21.9. The van der Waals surface area contributed by atoms with E-state index in [0.29, 0.717) is 18.8 Å². The third-order valence-electron chi connectivity index (χ3n) is 6.54. The molecular weight excluding hydrogens is 388 g/mol. The lowest BCUT2D eigenvalue weighted by atomic mass is 9.80. The van der Waals surface area contributed by atoms with Crippen LogP contribution in [0.1, 0.15) is 31.2 Å². The summed E-state index contributed by atoms with van der Waals surface area (Å²) in [6.07, 6.45) is 1.09. The third-order valence-corrected chi connectivity index (χ3v) is 6.54. The number of fused-ring (bicyclic) bond motifs is 2. The Balaban J connectivity index is 1.21. The maximum Gasteiger partial charge on any atom is 0.263 e. The number of para-hydroxylation sites is 1. The summed E-state index contributed by atoms with van der Waals surface area (Å²) in [5.41, 5.74) is 2.01. The van der Waals surface area contributed by atoms with Crippen LogP contribution in [0.5, 0.6) is 5.75 Å². The summed E-state index contributed by atoms with van der Waals surface area (Å²) in [7, 11) is 0. The number of anilines is 1. The molecule has 0 saturated carbocycles. The summed E-state index contributed by atoms with van der Waals surface area (Å²) in [5.74, 6) is 0.930. The van der Waals surface area contributed by atoms with Gasteiger partial charge in [-0.25, -0.2) is 0 Å². The van der Waals surface area contributed by atoms with Gasteiger partial charge in [-0.3, -0.25) is 9.59 Å². The van der Waals surface area contributed by atoms with Crippen LogP contribution < -0.4 is 10.1 Å². The van der Waals surface area contributed by atoms with Gasteiger partial charge in [-0.2, -0.15) is 0 Å². The fraction of sp³-hybridized carbons (Fsp3) is 0.308. The molecule has 158 valence electrons. The third kappa shape index (κ3) is 3.76. The number of amides is 2. The van der Waals surface area contributed by atoms with Crippen LogP contribution in [0.25, 0.3) is 10.8 Å². The Labute approximate surface area is 182 Å². The summed E-state index contributed by atoms with van der Waals surface area (Å²) < 4.78 is 5.97. The van der Waals surface area contributed by atoms with Crippen LogP contribution in [0.4, 0.5) is 5.69 Å². The molecule has 0 spiro atoms. The molecule has 2 amide bonds. The largest absolute Gasteiger partial charge is 0.481 e. The topological polar surface area (TPSA) is 58.6 Å². The predicted octanol–water partition coefficient (Wildman–Crippen LogP) is 4.58. The highest BCUT2D eigenvalue weighted by molar-refractivity contribution is 6.03. The number of carbonyl (C=O) groups excluding carboxylic acids is 2. The second-order valence-corrected chi connectivity index (χ2v) is 8.49. The molecule has 1 N–H and O–H groups in total.